The van der Waals surface area contributed by atoms with Gasteiger partial charge in [-0.05, 0) is 43.0 Å². The van der Waals surface area contributed by atoms with Crippen molar-refractivity contribution in [3.05, 3.63) is 34.6 Å². The summed E-state index contributed by atoms with van der Waals surface area (Å²) in [6.07, 6.45) is 1.88. The van der Waals surface area contributed by atoms with Crippen LogP contribution in [-0.2, 0) is 6.42 Å². The van der Waals surface area contributed by atoms with Crippen LogP contribution in [0, 0.1) is 11.7 Å². The lowest BCUT2D eigenvalue weighted by Gasteiger charge is -2.09. The maximum absolute atomic E-state index is 12.8. The molecule has 1 rings (SSSR count). The van der Waals surface area contributed by atoms with Crippen LogP contribution in [0.1, 0.15) is 18.9 Å². The first-order chi connectivity index (χ1) is 6.63. The summed E-state index contributed by atoms with van der Waals surface area (Å²) >= 11 is 5.67. The summed E-state index contributed by atoms with van der Waals surface area (Å²) in [5.74, 6) is 0.156. The average molecular weight is 216 g/mol. The van der Waals surface area contributed by atoms with Gasteiger partial charge in [0.25, 0.3) is 0 Å². The number of hydrogen-bond acceptors (Lipinski definition) is 1. The predicted molar refractivity (Wildman–Crippen MR) is 57.9 cm³/mol. The van der Waals surface area contributed by atoms with E-state index in [9.17, 15) is 4.39 Å². The molecule has 0 spiro atoms. The maximum Gasteiger partial charge on any atom is 0.141 e. The van der Waals surface area contributed by atoms with E-state index in [0.717, 1.165) is 18.4 Å². The van der Waals surface area contributed by atoms with Crippen LogP contribution in [0.25, 0.3) is 0 Å². The van der Waals surface area contributed by atoms with Crippen molar-refractivity contribution in [2.45, 2.75) is 19.8 Å². The Bertz CT molecular complexity index is 301. The van der Waals surface area contributed by atoms with Crippen molar-refractivity contribution in [3.8, 4) is 0 Å². The van der Waals surface area contributed by atoms with Crippen molar-refractivity contribution < 1.29 is 4.39 Å². The van der Waals surface area contributed by atoms with E-state index < -0.39 is 0 Å². The van der Waals surface area contributed by atoms with Crippen LogP contribution in [0.2, 0.25) is 5.02 Å². The number of hydrogen-bond donors (Lipinski definition) is 1. The molecule has 0 aliphatic rings. The van der Waals surface area contributed by atoms with Crippen LogP contribution in [0.3, 0.4) is 0 Å². The Labute approximate surface area is 89.1 Å². The lowest BCUT2D eigenvalue weighted by Crippen LogP contribution is -2.08. The molecule has 0 bridgehead atoms. The molecule has 1 nitrogen and oxygen atoms in total. The summed E-state index contributed by atoms with van der Waals surface area (Å²) in [5, 5.41) is 0.197. The van der Waals surface area contributed by atoms with E-state index in [4.69, 9.17) is 17.3 Å². The van der Waals surface area contributed by atoms with Gasteiger partial charge in [-0.15, -0.1) is 0 Å². The largest absolute Gasteiger partial charge is 0.330 e. The van der Waals surface area contributed by atoms with Gasteiger partial charge in [-0.1, -0.05) is 24.6 Å². The summed E-state index contributed by atoms with van der Waals surface area (Å²) in [7, 11) is 0. The van der Waals surface area contributed by atoms with Crippen LogP contribution >= 0.6 is 11.6 Å². The van der Waals surface area contributed by atoms with Gasteiger partial charge < -0.3 is 5.73 Å². The fourth-order valence-electron chi connectivity index (χ4n) is 1.46. The summed E-state index contributed by atoms with van der Waals surface area (Å²) in [4.78, 5) is 0. The van der Waals surface area contributed by atoms with Crippen LogP contribution in [-0.4, -0.2) is 6.54 Å². The zero-order valence-corrected chi connectivity index (χ0v) is 9.02. The minimum atomic E-state index is -0.359. The van der Waals surface area contributed by atoms with Crippen LogP contribution in [0.15, 0.2) is 18.2 Å². The molecular formula is C11H15ClFN. The monoisotopic (exact) mass is 215 g/mol. The van der Waals surface area contributed by atoms with Gasteiger partial charge >= 0.3 is 0 Å². The first-order valence-electron chi connectivity index (χ1n) is 4.77. The van der Waals surface area contributed by atoms with Gasteiger partial charge in [-0.3, -0.25) is 0 Å². The number of halogens is 2. The van der Waals surface area contributed by atoms with Gasteiger partial charge in [0.15, 0.2) is 0 Å². The maximum atomic E-state index is 12.8. The Morgan fingerprint density at radius 1 is 1.50 bits per heavy atom. The van der Waals surface area contributed by atoms with Gasteiger partial charge in [0.05, 0.1) is 5.02 Å². The molecule has 0 saturated carbocycles. The lowest BCUT2D eigenvalue weighted by molar-refractivity contribution is 0.537. The highest BCUT2D eigenvalue weighted by Crippen LogP contribution is 2.19. The van der Waals surface area contributed by atoms with E-state index in [1.165, 1.54) is 6.07 Å². The molecule has 3 heteroatoms. The van der Waals surface area contributed by atoms with Crippen LogP contribution in [0.5, 0.6) is 0 Å². The molecule has 1 unspecified atom stereocenters. The summed E-state index contributed by atoms with van der Waals surface area (Å²) in [6.45, 7) is 2.82. The molecular weight excluding hydrogens is 201 g/mol. The van der Waals surface area contributed by atoms with E-state index in [2.05, 4.69) is 6.92 Å². The Morgan fingerprint density at radius 3 is 2.79 bits per heavy atom. The smallest absolute Gasteiger partial charge is 0.141 e. The van der Waals surface area contributed by atoms with Crippen molar-refractivity contribution in [2.75, 3.05) is 6.54 Å². The molecule has 0 amide bonds. The molecule has 1 aromatic rings. The zero-order valence-electron chi connectivity index (χ0n) is 8.26. The number of nitrogens with two attached hydrogens (primary N) is 1. The first-order valence-corrected chi connectivity index (χ1v) is 5.15. The third-order valence-electron chi connectivity index (χ3n) is 2.23. The molecule has 14 heavy (non-hydrogen) atoms. The third kappa shape index (κ3) is 3.28. The second-order valence-electron chi connectivity index (χ2n) is 3.64. The summed E-state index contributed by atoms with van der Waals surface area (Å²) in [5.41, 5.74) is 6.52. The first kappa shape index (κ1) is 11.5. The molecule has 1 aromatic carbocycles. The molecule has 0 heterocycles. The molecule has 1 atom stereocenters. The van der Waals surface area contributed by atoms with E-state index in [0.29, 0.717) is 12.5 Å². The SMILES string of the molecule is CC(CCN)Cc1ccc(F)c(Cl)c1. The number of benzene rings is 1. The fourth-order valence-corrected chi connectivity index (χ4v) is 1.66. The normalized spacial score (nSPS) is 12.9. The van der Waals surface area contributed by atoms with E-state index in [-0.39, 0.29) is 10.8 Å². The Hall–Kier alpha value is -0.600. The molecule has 0 radical (unpaired) electrons. The average Bonchev–Trinajstić information content (AvgIpc) is 2.12. The van der Waals surface area contributed by atoms with Crippen molar-refractivity contribution in [3.63, 3.8) is 0 Å². The van der Waals surface area contributed by atoms with Crippen molar-refractivity contribution >= 4 is 11.6 Å². The van der Waals surface area contributed by atoms with Gasteiger partial charge in [0.1, 0.15) is 5.82 Å². The van der Waals surface area contributed by atoms with Gasteiger partial charge in [0, 0.05) is 0 Å². The summed E-state index contributed by atoms with van der Waals surface area (Å²) < 4.78 is 12.8. The van der Waals surface area contributed by atoms with Crippen molar-refractivity contribution in [1.82, 2.24) is 0 Å². The quantitative estimate of drug-likeness (QED) is 0.821. The fraction of sp³-hybridized carbons (Fsp3) is 0.455. The minimum Gasteiger partial charge on any atom is -0.330 e. The van der Waals surface area contributed by atoms with E-state index >= 15 is 0 Å². The Kier molecular flexibility index (Phi) is 4.36. The van der Waals surface area contributed by atoms with Gasteiger partial charge in [-0.25, -0.2) is 4.39 Å². The molecule has 2 N–H and O–H groups in total. The van der Waals surface area contributed by atoms with Crippen LogP contribution < -0.4 is 5.73 Å². The molecule has 0 aromatic heterocycles. The van der Waals surface area contributed by atoms with E-state index in [1.807, 2.05) is 0 Å². The molecule has 0 fully saturated rings. The summed E-state index contributed by atoms with van der Waals surface area (Å²) in [6, 6.07) is 4.87. The van der Waals surface area contributed by atoms with Gasteiger partial charge in [-0.2, -0.15) is 0 Å². The molecule has 0 aliphatic heterocycles. The Morgan fingerprint density at radius 2 is 2.21 bits per heavy atom. The molecule has 0 aliphatic carbocycles. The van der Waals surface area contributed by atoms with Crippen LogP contribution in [0.4, 0.5) is 4.39 Å². The standard InChI is InChI=1S/C11H15ClFN/c1-8(4-5-14)6-9-2-3-11(13)10(12)7-9/h2-3,7-8H,4-6,14H2,1H3. The highest BCUT2D eigenvalue weighted by molar-refractivity contribution is 6.30. The van der Waals surface area contributed by atoms with Crippen molar-refractivity contribution in [2.24, 2.45) is 11.7 Å². The van der Waals surface area contributed by atoms with Crippen molar-refractivity contribution in [1.29, 1.82) is 0 Å². The second kappa shape index (κ2) is 5.32. The number of rotatable bonds is 4. The zero-order chi connectivity index (χ0) is 10.6. The van der Waals surface area contributed by atoms with Gasteiger partial charge in [0.2, 0.25) is 0 Å². The second-order valence-corrected chi connectivity index (χ2v) is 4.04. The highest BCUT2D eigenvalue weighted by atomic mass is 35.5. The minimum absolute atomic E-state index is 0.197. The lowest BCUT2D eigenvalue weighted by atomic mass is 9.98. The van der Waals surface area contributed by atoms with E-state index in [1.54, 1.807) is 12.1 Å². The third-order valence-corrected chi connectivity index (χ3v) is 2.52. The topological polar surface area (TPSA) is 26.0 Å². The predicted octanol–water partition coefficient (Wildman–Crippen LogP) is 3.01. The highest BCUT2D eigenvalue weighted by Gasteiger charge is 2.05. The molecule has 0 saturated heterocycles. The Balaban J connectivity index is 2.63. The molecule has 78 valence electrons.